The minimum absolute atomic E-state index is 0.00211. The average Bonchev–Trinajstić information content (AvgIpc) is 2.83. The maximum Gasteiger partial charge on any atom is 0.142 e. The van der Waals surface area contributed by atoms with Crippen molar-refractivity contribution in [1.29, 1.82) is 0 Å². The largest absolute Gasteiger partial charge is 0.506 e. The van der Waals surface area contributed by atoms with Gasteiger partial charge in [0.05, 0.1) is 29.1 Å². The van der Waals surface area contributed by atoms with Crippen LogP contribution in [0.2, 0.25) is 5.02 Å². The van der Waals surface area contributed by atoms with Gasteiger partial charge in [-0.1, -0.05) is 48.9 Å². The molecule has 0 bridgehead atoms. The molecule has 4 N–H and O–H groups in total. The highest BCUT2D eigenvalue weighted by Crippen LogP contribution is 2.37. The van der Waals surface area contributed by atoms with E-state index in [4.69, 9.17) is 11.6 Å². The number of rotatable bonds is 9. The van der Waals surface area contributed by atoms with Crippen molar-refractivity contribution in [3.05, 3.63) is 106 Å². The van der Waals surface area contributed by atoms with Crippen molar-refractivity contribution in [1.82, 2.24) is 10.7 Å². The van der Waals surface area contributed by atoms with E-state index in [0.29, 0.717) is 28.4 Å². The molecule has 0 spiro atoms. The summed E-state index contributed by atoms with van der Waals surface area (Å²) in [7, 11) is 0. The van der Waals surface area contributed by atoms with Crippen LogP contribution in [-0.4, -0.2) is 28.9 Å². The zero-order chi connectivity index (χ0) is 24.9. The summed E-state index contributed by atoms with van der Waals surface area (Å²) >= 11 is 6.48. The van der Waals surface area contributed by atoms with Crippen LogP contribution in [0.5, 0.6) is 0 Å². The van der Waals surface area contributed by atoms with E-state index in [-0.39, 0.29) is 18.7 Å². The lowest BCUT2D eigenvalue weighted by atomic mass is 9.98. The zero-order valence-corrected chi connectivity index (χ0v) is 20.1. The number of hydrazine groups is 1. The Bertz CT molecular complexity index is 1200. The van der Waals surface area contributed by atoms with Gasteiger partial charge in [0, 0.05) is 24.7 Å². The minimum Gasteiger partial charge on any atom is -0.506 e. The van der Waals surface area contributed by atoms with Crippen molar-refractivity contribution in [2.24, 2.45) is 0 Å². The number of benzene rings is 3. The number of nitrogens with zero attached hydrogens (tertiary/aromatic N) is 1. The summed E-state index contributed by atoms with van der Waals surface area (Å²) in [5, 5.41) is 26.9. The lowest BCUT2D eigenvalue weighted by molar-refractivity contribution is 0.133. The molecule has 4 rings (SSSR count). The molecule has 3 aromatic carbocycles. The second-order valence-corrected chi connectivity index (χ2v) is 8.99. The van der Waals surface area contributed by atoms with Crippen LogP contribution in [-0.2, 0) is 19.4 Å². The number of para-hydroxylation sites is 1. The monoisotopic (exact) mass is 499 g/mol. The smallest absolute Gasteiger partial charge is 0.142 e. The number of hydrogen-bond donors (Lipinski definition) is 4. The van der Waals surface area contributed by atoms with E-state index in [1.54, 1.807) is 23.2 Å². The third-order valence-corrected chi connectivity index (χ3v) is 6.37. The van der Waals surface area contributed by atoms with Crippen LogP contribution >= 0.6 is 11.6 Å². The summed E-state index contributed by atoms with van der Waals surface area (Å²) in [4.78, 5) is 0. The fourth-order valence-electron chi connectivity index (χ4n) is 4.33. The van der Waals surface area contributed by atoms with Gasteiger partial charge < -0.3 is 21.0 Å². The SMILES string of the molecule is CCc1cccc(CNC[C@@H](O)[C@H](Cc2cc(F)cc(F)c2)N2NC=C(O)c3cccc(Cl)c32)c1. The van der Waals surface area contributed by atoms with E-state index in [2.05, 4.69) is 29.8 Å². The highest BCUT2D eigenvalue weighted by molar-refractivity contribution is 6.33. The fraction of sp³-hybridized carbons (Fsp3) is 0.259. The van der Waals surface area contributed by atoms with E-state index >= 15 is 0 Å². The molecule has 2 atom stereocenters. The van der Waals surface area contributed by atoms with Gasteiger partial charge in [-0.2, -0.15) is 0 Å². The highest BCUT2D eigenvalue weighted by Gasteiger charge is 2.32. The van der Waals surface area contributed by atoms with Crippen molar-refractivity contribution in [3.8, 4) is 0 Å². The zero-order valence-electron chi connectivity index (χ0n) is 19.3. The number of aryl methyl sites for hydroxylation is 1. The van der Waals surface area contributed by atoms with E-state index in [1.807, 2.05) is 12.1 Å². The number of anilines is 1. The molecule has 0 amide bonds. The van der Waals surface area contributed by atoms with Crippen LogP contribution < -0.4 is 15.8 Å². The molecule has 1 heterocycles. The van der Waals surface area contributed by atoms with Crippen molar-refractivity contribution < 1.29 is 19.0 Å². The first kappa shape index (κ1) is 25.0. The molecule has 0 saturated carbocycles. The molecular weight excluding hydrogens is 472 g/mol. The van der Waals surface area contributed by atoms with Gasteiger partial charge in [0.2, 0.25) is 0 Å². The van der Waals surface area contributed by atoms with Crippen molar-refractivity contribution in [3.63, 3.8) is 0 Å². The lowest BCUT2D eigenvalue weighted by Gasteiger charge is -2.39. The summed E-state index contributed by atoms with van der Waals surface area (Å²) in [6.07, 6.45) is 1.49. The van der Waals surface area contributed by atoms with Gasteiger partial charge in [0.1, 0.15) is 17.4 Å². The molecule has 3 aromatic rings. The van der Waals surface area contributed by atoms with Gasteiger partial charge in [-0.25, -0.2) is 8.78 Å². The Labute approximate surface area is 208 Å². The number of aliphatic hydroxyl groups is 2. The van der Waals surface area contributed by atoms with Gasteiger partial charge in [-0.3, -0.25) is 5.01 Å². The van der Waals surface area contributed by atoms with E-state index in [1.165, 1.54) is 23.9 Å². The Balaban J connectivity index is 1.59. The molecule has 1 aliphatic rings. The number of hydrogen-bond acceptors (Lipinski definition) is 5. The van der Waals surface area contributed by atoms with Gasteiger partial charge in [0.15, 0.2) is 0 Å². The van der Waals surface area contributed by atoms with Crippen LogP contribution in [0.3, 0.4) is 0 Å². The van der Waals surface area contributed by atoms with Crippen LogP contribution in [0.1, 0.15) is 29.2 Å². The fourth-order valence-corrected chi connectivity index (χ4v) is 4.60. The quantitative estimate of drug-likeness (QED) is 0.329. The molecular formula is C27H28ClF2N3O2. The number of fused-ring (bicyclic) bond motifs is 1. The summed E-state index contributed by atoms with van der Waals surface area (Å²) < 4.78 is 27.8. The molecule has 0 fully saturated rings. The summed E-state index contributed by atoms with van der Waals surface area (Å²) in [6, 6.07) is 15.9. The van der Waals surface area contributed by atoms with Crippen molar-refractivity contribution in [2.45, 2.75) is 38.5 Å². The Morgan fingerprint density at radius 3 is 2.46 bits per heavy atom. The van der Waals surface area contributed by atoms with E-state index in [9.17, 15) is 19.0 Å². The van der Waals surface area contributed by atoms with Crippen LogP contribution in [0.4, 0.5) is 14.5 Å². The van der Waals surface area contributed by atoms with Gasteiger partial charge in [-0.05, 0) is 53.8 Å². The molecule has 184 valence electrons. The van der Waals surface area contributed by atoms with Gasteiger partial charge >= 0.3 is 0 Å². The lowest BCUT2D eigenvalue weighted by Crippen LogP contribution is -2.54. The van der Waals surface area contributed by atoms with Gasteiger partial charge in [0.25, 0.3) is 0 Å². The highest BCUT2D eigenvalue weighted by atomic mass is 35.5. The minimum atomic E-state index is -0.957. The third kappa shape index (κ3) is 5.93. The molecule has 0 unspecified atom stereocenters. The van der Waals surface area contributed by atoms with E-state index < -0.39 is 23.8 Å². The normalized spacial score (nSPS) is 14.7. The molecule has 0 aromatic heterocycles. The summed E-state index contributed by atoms with van der Waals surface area (Å²) in [5.74, 6) is -1.38. The average molecular weight is 500 g/mol. The maximum absolute atomic E-state index is 13.9. The van der Waals surface area contributed by atoms with Crippen molar-refractivity contribution in [2.75, 3.05) is 11.6 Å². The van der Waals surface area contributed by atoms with Crippen LogP contribution in [0.15, 0.2) is 66.9 Å². The molecule has 0 saturated heterocycles. The standard InChI is InChI=1S/C27H28ClF2N3O2/c1-2-17-5-3-6-18(9-17)14-31-15-26(35)24(12-19-10-20(29)13-21(30)11-19)33-27-22(25(34)16-32-33)7-4-8-23(27)28/h3-11,13,16,24,26,31-32,34-35H,2,12,14-15H2,1H3/t24-,26+/m0/s1. The molecule has 1 aliphatic heterocycles. The first-order valence-corrected chi connectivity index (χ1v) is 11.9. The Morgan fingerprint density at radius 1 is 1.00 bits per heavy atom. The Hall–Kier alpha value is -3.13. The number of aliphatic hydroxyl groups excluding tert-OH is 2. The first-order valence-electron chi connectivity index (χ1n) is 11.5. The topological polar surface area (TPSA) is 67.8 Å². The predicted octanol–water partition coefficient (Wildman–Crippen LogP) is 5.12. The third-order valence-electron chi connectivity index (χ3n) is 6.07. The van der Waals surface area contributed by atoms with Crippen molar-refractivity contribution >= 4 is 23.0 Å². The molecule has 35 heavy (non-hydrogen) atoms. The molecule has 5 nitrogen and oxygen atoms in total. The van der Waals surface area contributed by atoms with Crippen LogP contribution in [0.25, 0.3) is 5.76 Å². The first-order chi connectivity index (χ1) is 16.9. The predicted molar refractivity (Wildman–Crippen MR) is 135 cm³/mol. The summed E-state index contributed by atoms with van der Waals surface area (Å²) in [5.41, 5.74) is 6.66. The van der Waals surface area contributed by atoms with Gasteiger partial charge in [-0.15, -0.1) is 0 Å². The maximum atomic E-state index is 13.9. The van der Waals surface area contributed by atoms with E-state index in [0.717, 1.165) is 18.1 Å². The number of halogens is 3. The Morgan fingerprint density at radius 2 is 1.71 bits per heavy atom. The second kappa shape index (κ2) is 11.1. The molecule has 8 heteroatoms. The second-order valence-electron chi connectivity index (χ2n) is 8.59. The molecule has 0 radical (unpaired) electrons. The molecule has 0 aliphatic carbocycles. The Kier molecular flexibility index (Phi) is 7.90. The summed E-state index contributed by atoms with van der Waals surface area (Å²) in [6.45, 7) is 2.86. The number of nitrogens with one attached hydrogen (secondary N) is 2. The van der Waals surface area contributed by atoms with Crippen LogP contribution in [0, 0.1) is 11.6 Å².